The van der Waals surface area contributed by atoms with Gasteiger partial charge in [0.25, 0.3) is 0 Å². The van der Waals surface area contributed by atoms with Crippen molar-refractivity contribution in [2.45, 2.75) is 13.8 Å². The van der Waals surface area contributed by atoms with E-state index < -0.39 is 0 Å². The monoisotopic (exact) mass is 180 g/mol. The Kier molecular flexibility index (Phi) is 3.55. The smallest absolute Gasteiger partial charge is 1.00 e. The zero-order valence-corrected chi connectivity index (χ0v) is 10.5. The van der Waals surface area contributed by atoms with Crippen molar-refractivity contribution in [3.63, 3.8) is 0 Å². The molecule has 0 N–H and O–H groups in total. The molecule has 0 aliphatic carbocycles. The van der Waals surface area contributed by atoms with Gasteiger partial charge in [0.05, 0.1) is 0 Å². The van der Waals surface area contributed by atoms with Crippen LogP contribution in [0.4, 0.5) is 0 Å². The molecule has 13 heavy (non-hydrogen) atoms. The minimum absolute atomic E-state index is 0. The van der Waals surface area contributed by atoms with Crippen molar-refractivity contribution < 1.29 is 31.0 Å². The van der Waals surface area contributed by atoms with Gasteiger partial charge in [-0.15, -0.1) is 0 Å². The summed E-state index contributed by atoms with van der Waals surface area (Å²) in [4.78, 5) is 0. The molecule has 0 aliphatic heterocycles. The number of fused-ring (bicyclic) bond motifs is 1. The number of benzene rings is 2. The van der Waals surface area contributed by atoms with Crippen LogP contribution in [0.2, 0.25) is 0 Å². The third kappa shape index (κ3) is 1.96. The molecule has 2 aromatic rings. The predicted molar refractivity (Wildman–Crippen MR) is 54.5 cm³/mol. The molecule has 0 heterocycles. The maximum absolute atomic E-state index is 2.18. The first kappa shape index (κ1) is 10.8. The second-order valence-corrected chi connectivity index (χ2v) is 3.23. The standard InChI is InChI=1S/C12H12.Na.H/c1-9-7-8-11-5-3-4-6-12(11)10(9)2;;/h3-8H,1-2H3;;/q;+1;-1. The minimum Gasteiger partial charge on any atom is -1.00 e. The van der Waals surface area contributed by atoms with Gasteiger partial charge in [-0.2, -0.15) is 0 Å². The third-order valence-corrected chi connectivity index (χ3v) is 2.47. The van der Waals surface area contributed by atoms with Crippen molar-refractivity contribution in [3.8, 4) is 0 Å². The molecule has 0 radical (unpaired) electrons. The topological polar surface area (TPSA) is 0 Å². The van der Waals surface area contributed by atoms with Crippen LogP contribution in [0.25, 0.3) is 10.8 Å². The van der Waals surface area contributed by atoms with Gasteiger partial charge in [0, 0.05) is 0 Å². The van der Waals surface area contributed by atoms with Crippen molar-refractivity contribution >= 4 is 10.8 Å². The predicted octanol–water partition coefficient (Wildman–Crippen LogP) is 0.573. The van der Waals surface area contributed by atoms with Crippen LogP contribution in [0, 0.1) is 13.8 Å². The fraction of sp³-hybridized carbons (Fsp3) is 0.167. The molecule has 0 bridgehead atoms. The van der Waals surface area contributed by atoms with Crippen LogP contribution < -0.4 is 29.6 Å². The maximum atomic E-state index is 2.18. The molecular weight excluding hydrogens is 167 g/mol. The van der Waals surface area contributed by atoms with Crippen molar-refractivity contribution in [1.29, 1.82) is 0 Å². The largest absolute Gasteiger partial charge is 1.00 e. The summed E-state index contributed by atoms with van der Waals surface area (Å²) in [5.41, 5.74) is 2.77. The summed E-state index contributed by atoms with van der Waals surface area (Å²) in [6, 6.07) is 12.9. The van der Waals surface area contributed by atoms with Crippen LogP contribution in [-0.4, -0.2) is 0 Å². The van der Waals surface area contributed by atoms with Gasteiger partial charge in [0.2, 0.25) is 0 Å². The van der Waals surface area contributed by atoms with E-state index >= 15 is 0 Å². The van der Waals surface area contributed by atoms with Crippen molar-refractivity contribution in [3.05, 3.63) is 47.5 Å². The van der Waals surface area contributed by atoms with E-state index in [4.69, 9.17) is 0 Å². The summed E-state index contributed by atoms with van der Waals surface area (Å²) < 4.78 is 0. The molecule has 0 unspecified atom stereocenters. The molecule has 0 saturated heterocycles. The molecule has 0 fully saturated rings. The van der Waals surface area contributed by atoms with Crippen molar-refractivity contribution in [2.24, 2.45) is 0 Å². The number of hydrogen-bond acceptors (Lipinski definition) is 0. The Hall–Kier alpha value is -0.300. The SMILES string of the molecule is Cc1ccc2ccccc2c1C.[H-].[Na+]. The zero-order valence-electron chi connectivity index (χ0n) is 9.46. The molecule has 0 atom stereocenters. The van der Waals surface area contributed by atoms with Gasteiger partial charge in [-0.25, -0.2) is 0 Å². The Morgan fingerprint density at radius 3 is 2.38 bits per heavy atom. The van der Waals surface area contributed by atoms with E-state index in [-0.39, 0.29) is 31.0 Å². The van der Waals surface area contributed by atoms with Crippen molar-refractivity contribution in [2.75, 3.05) is 0 Å². The third-order valence-electron chi connectivity index (χ3n) is 2.47. The summed E-state index contributed by atoms with van der Waals surface area (Å²) in [5, 5.41) is 2.71. The van der Waals surface area contributed by atoms with Gasteiger partial charge in [-0.1, -0.05) is 36.4 Å². The zero-order chi connectivity index (χ0) is 8.55. The summed E-state index contributed by atoms with van der Waals surface area (Å²) in [6.45, 7) is 4.33. The molecular formula is C12H13Na. The summed E-state index contributed by atoms with van der Waals surface area (Å²) >= 11 is 0. The number of hydrogen-bond donors (Lipinski definition) is 0. The Morgan fingerprint density at radius 2 is 1.62 bits per heavy atom. The molecule has 0 aromatic heterocycles. The summed E-state index contributed by atoms with van der Waals surface area (Å²) in [6.07, 6.45) is 0. The normalized spacial score (nSPS) is 9.69. The van der Waals surface area contributed by atoms with E-state index in [1.54, 1.807) is 0 Å². The maximum Gasteiger partial charge on any atom is 1.00 e. The van der Waals surface area contributed by atoms with E-state index in [2.05, 4.69) is 50.2 Å². The molecule has 0 aliphatic rings. The van der Waals surface area contributed by atoms with Crippen LogP contribution >= 0.6 is 0 Å². The van der Waals surface area contributed by atoms with Gasteiger partial charge >= 0.3 is 29.6 Å². The first-order valence-corrected chi connectivity index (χ1v) is 4.24. The second kappa shape index (κ2) is 4.28. The van der Waals surface area contributed by atoms with Gasteiger partial charge in [0.1, 0.15) is 0 Å². The van der Waals surface area contributed by atoms with E-state index in [0.717, 1.165) is 0 Å². The first-order chi connectivity index (χ1) is 5.79. The Balaban J connectivity index is 0.000000845. The summed E-state index contributed by atoms with van der Waals surface area (Å²) in [5.74, 6) is 0. The van der Waals surface area contributed by atoms with Crippen LogP contribution in [-0.2, 0) is 0 Å². The fourth-order valence-corrected chi connectivity index (χ4v) is 1.54. The fourth-order valence-electron chi connectivity index (χ4n) is 1.54. The van der Waals surface area contributed by atoms with E-state index in [1.165, 1.54) is 21.9 Å². The van der Waals surface area contributed by atoms with Crippen LogP contribution in [0.3, 0.4) is 0 Å². The Bertz CT molecular complexity index is 424. The summed E-state index contributed by atoms with van der Waals surface area (Å²) in [7, 11) is 0. The number of rotatable bonds is 0. The van der Waals surface area contributed by atoms with Gasteiger partial charge < -0.3 is 1.43 Å². The first-order valence-electron chi connectivity index (χ1n) is 4.24. The van der Waals surface area contributed by atoms with Gasteiger partial charge in [-0.3, -0.25) is 0 Å². The van der Waals surface area contributed by atoms with Gasteiger partial charge in [-0.05, 0) is 35.7 Å². The average Bonchev–Trinajstić information content (AvgIpc) is 2.12. The molecule has 2 aromatic carbocycles. The molecule has 0 saturated carbocycles. The van der Waals surface area contributed by atoms with Crippen molar-refractivity contribution in [1.82, 2.24) is 0 Å². The molecule has 62 valence electrons. The molecule has 0 spiro atoms. The molecule has 0 amide bonds. The molecule has 0 nitrogen and oxygen atoms in total. The van der Waals surface area contributed by atoms with Crippen LogP contribution in [0.5, 0.6) is 0 Å². The van der Waals surface area contributed by atoms with Crippen LogP contribution in [0.15, 0.2) is 36.4 Å². The van der Waals surface area contributed by atoms with E-state index in [1.807, 2.05) is 0 Å². The van der Waals surface area contributed by atoms with Crippen LogP contribution in [0.1, 0.15) is 12.6 Å². The Labute approximate surface area is 103 Å². The van der Waals surface area contributed by atoms with Gasteiger partial charge in [0.15, 0.2) is 0 Å². The average molecular weight is 180 g/mol. The molecule has 2 rings (SSSR count). The minimum atomic E-state index is 0. The Morgan fingerprint density at radius 1 is 0.923 bits per heavy atom. The second-order valence-electron chi connectivity index (χ2n) is 3.23. The van der Waals surface area contributed by atoms with E-state index in [0.29, 0.717) is 0 Å². The van der Waals surface area contributed by atoms with E-state index in [9.17, 15) is 0 Å². The number of aryl methyl sites for hydroxylation is 2. The molecule has 1 heteroatoms. The quantitative estimate of drug-likeness (QED) is 0.520.